The van der Waals surface area contributed by atoms with Gasteiger partial charge < -0.3 is 36.6 Å². The van der Waals surface area contributed by atoms with Crippen molar-refractivity contribution in [1.82, 2.24) is 45.9 Å². The first-order chi connectivity index (χ1) is 39.4. The Hall–Kier alpha value is -5.95. The zero-order chi connectivity index (χ0) is 62.3. The van der Waals surface area contributed by atoms with Gasteiger partial charge in [-0.25, -0.2) is 4.79 Å². The van der Waals surface area contributed by atoms with E-state index < -0.39 is 11.9 Å². The number of carboxylic acids is 2. The number of aromatic hydroxyl groups is 1. The Kier molecular flexibility index (Phi) is 28.3. The largest absolute Gasteiger partial charge is 0.508 e. The highest BCUT2D eigenvalue weighted by atomic mass is 16.4. The van der Waals surface area contributed by atoms with E-state index in [-0.39, 0.29) is 93.7 Å². The fourth-order valence-corrected chi connectivity index (χ4v) is 11.0. The first-order valence-corrected chi connectivity index (χ1v) is 30.7. The molecule has 84 heavy (non-hydrogen) atoms. The Balaban J connectivity index is 0.000000241. The molecular weight excluding hydrogens is 1060 g/mol. The van der Waals surface area contributed by atoms with Crippen molar-refractivity contribution in [2.75, 3.05) is 72.0 Å². The maximum absolute atomic E-state index is 12.3. The number of phenols is 1. The van der Waals surface area contributed by atoms with E-state index >= 15 is 0 Å². The van der Waals surface area contributed by atoms with Gasteiger partial charge in [0.25, 0.3) is 0 Å². The van der Waals surface area contributed by atoms with Crippen LogP contribution >= 0.6 is 0 Å². The van der Waals surface area contributed by atoms with Gasteiger partial charge in [0.15, 0.2) is 0 Å². The van der Waals surface area contributed by atoms with Crippen molar-refractivity contribution < 1.29 is 44.1 Å². The van der Waals surface area contributed by atoms with Gasteiger partial charge in [-0.2, -0.15) is 0 Å². The molecule has 2 aromatic carbocycles. The minimum Gasteiger partial charge on any atom is -0.508 e. The zero-order valence-corrected chi connectivity index (χ0v) is 53.0. The maximum Gasteiger partial charge on any atom is 0.335 e. The van der Waals surface area contributed by atoms with Crippen molar-refractivity contribution in [3.05, 3.63) is 95.3 Å². The smallest absolute Gasteiger partial charge is 0.335 e. The van der Waals surface area contributed by atoms with Crippen LogP contribution in [0.1, 0.15) is 168 Å². The van der Waals surface area contributed by atoms with Gasteiger partial charge in [0.05, 0.1) is 12.0 Å². The molecule has 0 atom stereocenters. The molecule has 18 heteroatoms. The molecule has 0 unspecified atom stereocenters. The van der Waals surface area contributed by atoms with Crippen LogP contribution < -0.4 is 21.3 Å². The molecule has 4 amide bonds. The lowest BCUT2D eigenvalue weighted by Crippen LogP contribution is -2.48. The molecule has 4 aliphatic heterocycles. The maximum atomic E-state index is 12.3. The summed E-state index contributed by atoms with van der Waals surface area (Å²) in [6.45, 7) is 36.3. The minimum atomic E-state index is -0.951. The number of aromatic carboxylic acids is 1. The molecule has 3 aromatic rings. The Morgan fingerprint density at radius 2 is 0.786 bits per heavy atom. The third kappa shape index (κ3) is 25.7. The second-order valence-corrected chi connectivity index (χ2v) is 27.0. The van der Waals surface area contributed by atoms with Crippen LogP contribution in [0, 0.1) is 23.7 Å². The van der Waals surface area contributed by atoms with E-state index in [0.717, 1.165) is 128 Å². The molecule has 4 fully saturated rings. The van der Waals surface area contributed by atoms with E-state index in [1.807, 2.05) is 30.3 Å². The van der Waals surface area contributed by atoms with Gasteiger partial charge >= 0.3 is 11.9 Å². The summed E-state index contributed by atoms with van der Waals surface area (Å²) in [4.78, 5) is 83.6. The van der Waals surface area contributed by atoms with Crippen LogP contribution in [0.15, 0.2) is 73.1 Å². The fourth-order valence-electron chi connectivity index (χ4n) is 11.0. The minimum absolute atomic E-state index is 0.00445. The fraction of sp³-hybridized carbons (Fsp3) is 0.652. The predicted octanol–water partition coefficient (Wildman–Crippen LogP) is 8.41. The zero-order valence-electron chi connectivity index (χ0n) is 53.0. The molecule has 7 rings (SSSR count). The average Bonchev–Trinajstić information content (AvgIpc) is 3.52. The molecule has 468 valence electrons. The number of aromatic nitrogens is 1. The van der Waals surface area contributed by atoms with Crippen LogP contribution in [0.2, 0.25) is 0 Å². The molecule has 4 aliphatic rings. The Labute approximate surface area is 502 Å². The number of rotatable bonds is 16. The first-order valence-electron chi connectivity index (χ1n) is 30.7. The molecule has 4 saturated heterocycles. The highest BCUT2D eigenvalue weighted by molar-refractivity contribution is 5.88. The Bertz CT molecular complexity index is 2490. The van der Waals surface area contributed by atoms with Crippen molar-refractivity contribution in [1.29, 1.82) is 0 Å². The molecule has 5 heterocycles. The highest BCUT2D eigenvalue weighted by Gasteiger charge is 2.33. The molecule has 18 nitrogen and oxygen atoms in total. The molecule has 7 N–H and O–H groups in total. The van der Waals surface area contributed by atoms with Gasteiger partial charge in [0, 0.05) is 84.4 Å². The van der Waals surface area contributed by atoms with E-state index in [1.54, 1.807) is 42.7 Å². The number of carboxylic acid groups (broad SMARTS) is 2. The molecule has 0 bridgehead atoms. The Morgan fingerprint density at radius 3 is 1.12 bits per heavy atom. The van der Waals surface area contributed by atoms with E-state index in [1.165, 1.54) is 5.56 Å². The first kappa shape index (κ1) is 70.5. The second-order valence-electron chi connectivity index (χ2n) is 27.0. The van der Waals surface area contributed by atoms with Gasteiger partial charge in [0.1, 0.15) is 5.75 Å². The van der Waals surface area contributed by atoms with Crippen molar-refractivity contribution in [2.24, 2.45) is 23.7 Å². The number of likely N-dealkylation sites (tertiary alicyclic amines) is 4. The summed E-state index contributed by atoms with van der Waals surface area (Å²) in [7, 11) is 0. The van der Waals surface area contributed by atoms with Crippen molar-refractivity contribution >= 4 is 35.6 Å². The standard InChI is InChI=1S/C18H26N2O3.C18H28N2O2.C17H27N3O.C13H24N2O3/c1-18(2,3)20-9-7-14(8-10-20)16(21)19-12-13-5-4-6-15(11-13)17(22)23;1-18(2,3)20-12-9-15(10-13-20)17(22)19-11-8-14-4-6-16(21)7-5-14;1-17(2,3)20-12-7-15(8-13-20)16(21)19-11-6-14-4-9-18-10-5-14;1-13(2,3)15-8-5-10(6-9-15)12(18)14-7-4-11(16)17/h4-6,11,14H,7-10,12H2,1-3H3,(H,19,21)(H,22,23);4-7,15,21H,8-13H2,1-3H3,(H,19,22);4-5,9-10,15H,6-8,11-13H2,1-3H3,(H,19,21);10H,4-9H2,1-3H3,(H,14,18)(H,16,17). The summed E-state index contributed by atoms with van der Waals surface area (Å²) < 4.78 is 0. The number of hydrogen-bond donors (Lipinski definition) is 7. The molecule has 1 aromatic heterocycles. The van der Waals surface area contributed by atoms with Crippen LogP contribution in [-0.2, 0) is 43.4 Å². The summed E-state index contributed by atoms with van der Waals surface area (Å²) in [6, 6.07) is 17.8. The number of carbonyl (C=O) groups is 6. The van der Waals surface area contributed by atoms with Gasteiger partial charge in [-0.15, -0.1) is 0 Å². The van der Waals surface area contributed by atoms with Crippen molar-refractivity contribution in [3.8, 4) is 5.75 Å². The quantitative estimate of drug-likeness (QED) is 0.0713. The molecule has 0 saturated carbocycles. The number of aliphatic carboxylic acids is 1. The molecule has 0 radical (unpaired) electrons. The number of phenolic OH excluding ortho intramolecular Hbond substituents is 1. The SMILES string of the molecule is CC(C)(C)N1CCC(C(=O)NCCC(=O)O)CC1.CC(C)(C)N1CCC(C(=O)NCCc2ccc(O)cc2)CC1.CC(C)(C)N1CCC(C(=O)NCCc2ccncc2)CC1.CC(C)(C)N1CCC(C(=O)NCc2cccc(C(=O)O)c2)CC1. The molecular formula is C66H105N9O9. The number of nitrogens with one attached hydrogen (secondary N) is 4. The summed E-state index contributed by atoms with van der Waals surface area (Å²) >= 11 is 0. The predicted molar refractivity (Wildman–Crippen MR) is 332 cm³/mol. The van der Waals surface area contributed by atoms with Gasteiger partial charge in [-0.05, 0) is 253 Å². The van der Waals surface area contributed by atoms with Crippen LogP contribution in [-0.4, -0.2) is 170 Å². The number of hydrogen-bond acceptors (Lipinski definition) is 12. The van der Waals surface area contributed by atoms with Crippen molar-refractivity contribution in [2.45, 2.75) is 182 Å². The van der Waals surface area contributed by atoms with Crippen LogP contribution in [0.5, 0.6) is 5.75 Å². The molecule has 0 aliphatic carbocycles. The summed E-state index contributed by atoms with van der Waals surface area (Å²) in [6.07, 6.45) is 12.5. The number of benzene rings is 2. The topological polar surface area (TPSA) is 237 Å². The average molecular weight is 1170 g/mol. The molecule has 0 spiro atoms. The number of nitrogens with zero attached hydrogens (tertiary/aromatic N) is 5. The third-order valence-corrected chi connectivity index (χ3v) is 16.6. The van der Waals surface area contributed by atoms with Crippen molar-refractivity contribution in [3.63, 3.8) is 0 Å². The van der Waals surface area contributed by atoms with E-state index in [4.69, 9.17) is 10.2 Å². The monoisotopic (exact) mass is 1170 g/mol. The van der Waals surface area contributed by atoms with Gasteiger partial charge in [-0.3, -0.25) is 48.6 Å². The van der Waals surface area contributed by atoms with Crippen LogP contribution in [0.25, 0.3) is 0 Å². The highest BCUT2D eigenvalue weighted by Crippen LogP contribution is 2.28. The number of carbonyl (C=O) groups excluding carboxylic acids is 4. The van der Waals surface area contributed by atoms with E-state index in [9.17, 15) is 33.9 Å². The lowest BCUT2D eigenvalue weighted by atomic mass is 9.92. The lowest BCUT2D eigenvalue weighted by Gasteiger charge is -2.40. The lowest BCUT2D eigenvalue weighted by molar-refractivity contribution is -0.137. The number of pyridine rings is 1. The van der Waals surface area contributed by atoms with Crippen LogP contribution in [0.4, 0.5) is 0 Å². The Morgan fingerprint density at radius 1 is 0.452 bits per heavy atom. The van der Waals surface area contributed by atoms with Gasteiger partial charge in [-0.1, -0.05) is 24.3 Å². The summed E-state index contributed by atoms with van der Waals surface area (Å²) in [5.74, 6) is -0.647. The normalized spacial score (nSPS) is 17.6. The second kappa shape index (κ2) is 33.7. The summed E-state index contributed by atoms with van der Waals surface area (Å²) in [5.41, 5.74) is 4.11. The van der Waals surface area contributed by atoms with Crippen LogP contribution in [0.3, 0.4) is 0 Å². The van der Waals surface area contributed by atoms with Gasteiger partial charge in [0.2, 0.25) is 23.6 Å². The van der Waals surface area contributed by atoms with E-state index in [0.29, 0.717) is 19.6 Å². The third-order valence-electron chi connectivity index (χ3n) is 16.6. The number of amides is 4. The summed E-state index contributed by atoms with van der Waals surface area (Å²) in [5, 5.41) is 38.5. The van der Waals surface area contributed by atoms with E-state index in [2.05, 4.69) is 129 Å². The number of piperidine rings is 4.